The Labute approximate surface area is 110 Å². The number of ether oxygens (including phenoxy) is 2. The topological polar surface area (TPSA) is 55.8 Å². The van der Waals surface area contributed by atoms with Crippen molar-refractivity contribution in [3.63, 3.8) is 0 Å². The Morgan fingerprint density at radius 3 is 2.74 bits per heavy atom. The number of carbonyl (C=O) groups is 2. The summed E-state index contributed by atoms with van der Waals surface area (Å²) in [5.74, 6) is -1.05. The number of benzene rings is 1. The van der Waals surface area contributed by atoms with Crippen LogP contribution in [0.1, 0.15) is 6.92 Å². The van der Waals surface area contributed by atoms with Crippen LogP contribution in [-0.2, 0) is 14.3 Å². The van der Waals surface area contributed by atoms with Crippen molar-refractivity contribution in [3.8, 4) is 5.75 Å². The highest BCUT2D eigenvalue weighted by Gasteiger charge is 2.14. The van der Waals surface area contributed by atoms with E-state index in [0.717, 1.165) is 0 Å². The fourth-order valence-corrected chi connectivity index (χ4v) is 1.30. The van der Waals surface area contributed by atoms with Crippen LogP contribution in [-0.4, -0.2) is 43.6 Å². The zero-order valence-electron chi connectivity index (χ0n) is 10.9. The summed E-state index contributed by atoms with van der Waals surface area (Å²) in [7, 11) is 1.47. The van der Waals surface area contributed by atoms with Crippen molar-refractivity contribution in [1.29, 1.82) is 0 Å². The van der Waals surface area contributed by atoms with Crippen molar-refractivity contribution in [2.75, 3.05) is 26.8 Å². The molecular weight excluding hydrogens is 253 g/mol. The number of esters is 1. The molecule has 0 atom stereocenters. The number of carbonyl (C=O) groups excluding carboxylic acids is 2. The Balaban J connectivity index is 2.40. The zero-order valence-corrected chi connectivity index (χ0v) is 10.9. The van der Waals surface area contributed by atoms with Gasteiger partial charge in [-0.25, -0.2) is 4.39 Å². The maximum atomic E-state index is 12.9. The molecule has 0 aliphatic rings. The van der Waals surface area contributed by atoms with E-state index in [2.05, 4.69) is 0 Å². The number of hydrogen-bond donors (Lipinski definition) is 0. The molecule has 0 radical (unpaired) electrons. The van der Waals surface area contributed by atoms with Crippen molar-refractivity contribution in [2.24, 2.45) is 0 Å². The second kappa shape index (κ2) is 7.35. The lowest BCUT2D eigenvalue weighted by atomic mass is 10.3. The molecule has 0 bridgehead atoms. The molecule has 0 N–H and O–H groups in total. The van der Waals surface area contributed by atoms with Gasteiger partial charge in [0.25, 0.3) is 5.91 Å². The molecule has 0 saturated heterocycles. The van der Waals surface area contributed by atoms with Crippen LogP contribution >= 0.6 is 0 Å². The van der Waals surface area contributed by atoms with Gasteiger partial charge in [0.2, 0.25) is 0 Å². The molecule has 0 aliphatic carbocycles. The van der Waals surface area contributed by atoms with Gasteiger partial charge in [0.05, 0.1) is 6.61 Å². The van der Waals surface area contributed by atoms with Crippen LogP contribution in [0.15, 0.2) is 24.3 Å². The highest BCUT2D eigenvalue weighted by Crippen LogP contribution is 2.11. The van der Waals surface area contributed by atoms with Crippen LogP contribution in [0.5, 0.6) is 5.75 Å². The van der Waals surface area contributed by atoms with E-state index >= 15 is 0 Å². The highest BCUT2D eigenvalue weighted by molar-refractivity contribution is 5.82. The molecule has 0 aliphatic heterocycles. The lowest BCUT2D eigenvalue weighted by Crippen LogP contribution is -2.36. The molecule has 0 unspecified atom stereocenters. The number of amides is 1. The molecule has 0 spiro atoms. The third-order valence-corrected chi connectivity index (χ3v) is 2.26. The quantitative estimate of drug-likeness (QED) is 0.729. The van der Waals surface area contributed by atoms with Gasteiger partial charge in [-0.3, -0.25) is 9.59 Å². The molecule has 0 fully saturated rings. The molecule has 0 aromatic heterocycles. The largest absolute Gasteiger partial charge is 0.484 e. The average molecular weight is 269 g/mol. The van der Waals surface area contributed by atoms with Gasteiger partial charge in [-0.1, -0.05) is 6.07 Å². The van der Waals surface area contributed by atoms with Crippen molar-refractivity contribution >= 4 is 11.9 Å². The van der Waals surface area contributed by atoms with Gasteiger partial charge in [-0.15, -0.1) is 0 Å². The van der Waals surface area contributed by atoms with Crippen molar-refractivity contribution in [2.45, 2.75) is 6.92 Å². The maximum Gasteiger partial charge on any atom is 0.325 e. The van der Waals surface area contributed by atoms with E-state index in [-0.39, 0.29) is 25.5 Å². The number of halogens is 1. The van der Waals surface area contributed by atoms with E-state index < -0.39 is 17.7 Å². The second-order valence-electron chi connectivity index (χ2n) is 3.80. The molecule has 104 valence electrons. The molecule has 0 heterocycles. The van der Waals surface area contributed by atoms with Gasteiger partial charge in [-0.05, 0) is 19.1 Å². The summed E-state index contributed by atoms with van der Waals surface area (Å²) in [6, 6.07) is 5.49. The highest BCUT2D eigenvalue weighted by atomic mass is 19.1. The smallest absolute Gasteiger partial charge is 0.325 e. The summed E-state index contributed by atoms with van der Waals surface area (Å²) in [5.41, 5.74) is 0. The minimum absolute atomic E-state index is 0.140. The van der Waals surface area contributed by atoms with Gasteiger partial charge in [0.1, 0.15) is 18.1 Å². The summed E-state index contributed by atoms with van der Waals surface area (Å²) < 4.78 is 22.7. The van der Waals surface area contributed by atoms with Gasteiger partial charge >= 0.3 is 5.97 Å². The van der Waals surface area contributed by atoms with E-state index in [1.807, 2.05) is 0 Å². The second-order valence-corrected chi connectivity index (χ2v) is 3.80. The van der Waals surface area contributed by atoms with Gasteiger partial charge < -0.3 is 14.4 Å². The normalized spacial score (nSPS) is 9.84. The Morgan fingerprint density at radius 2 is 2.11 bits per heavy atom. The Bertz CT molecular complexity index is 450. The summed E-state index contributed by atoms with van der Waals surface area (Å²) in [6.45, 7) is 1.55. The standard InChI is InChI=1S/C13H16FNO4/c1-3-18-13(17)8-15(2)12(16)9-19-11-6-4-5-10(14)7-11/h4-7H,3,8-9H2,1-2H3. The van der Waals surface area contributed by atoms with Crippen LogP contribution in [0.25, 0.3) is 0 Å². The van der Waals surface area contributed by atoms with Crippen LogP contribution < -0.4 is 4.74 Å². The van der Waals surface area contributed by atoms with E-state index in [9.17, 15) is 14.0 Å². The van der Waals surface area contributed by atoms with E-state index in [0.29, 0.717) is 0 Å². The lowest BCUT2D eigenvalue weighted by molar-refractivity contribution is -0.148. The lowest BCUT2D eigenvalue weighted by Gasteiger charge is -2.16. The summed E-state index contributed by atoms with van der Waals surface area (Å²) >= 11 is 0. The van der Waals surface area contributed by atoms with Crippen molar-refractivity contribution in [3.05, 3.63) is 30.1 Å². The molecule has 0 saturated carbocycles. The first-order valence-corrected chi connectivity index (χ1v) is 5.81. The SMILES string of the molecule is CCOC(=O)CN(C)C(=O)COc1cccc(F)c1. The summed E-state index contributed by atoms with van der Waals surface area (Å²) in [5, 5.41) is 0. The Kier molecular flexibility index (Phi) is 5.78. The first-order chi connectivity index (χ1) is 9.02. The molecule has 1 amide bonds. The van der Waals surface area contributed by atoms with Gasteiger partial charge in [0, 0.05) is 13.1 Å². The molecule has 6 heteroatoms. The van der Waals surface area contributed by atoms with Gasteiger partial charge in [0.15, 0.2) is 6.61 Å². The molecular formula is C13H16FNO4. The van der Waals surface area contributed by atoms with E-state index in [4.69, 9.17) is 9.47 Å². The van der Waals surface area contributed by atoms with Crippen LogP contribution in [0, 0.1) is 5.82 Å². The first kappa shape index (κ1) is 14.9. The number of likely N-dealkylation sites (N-methyl/N-ethyl adjacent to an activating group) is 1. The fraction of sp³-hybridized carbons (Fsp3) is 0.385. The Hall–Kier alpha value is -2.11. The summed E-state index contributed by atoms with van der Waals surface area (Å²) in [4.78, 5) is 24.0. The molecule has 19 heavy (non-hydrogen) atoms. The summed E-state index contributed by atoms with van der Waals surface area (Å²) in [6.07, 6.45) is 0. The molecule has 1 aromatic carbocycles. The van der Waals surface area contributed by atoms with Crippen LogP contribution in [0.4, 0.5) is 4.39 Å². The fourth-order valence-electron chi connectivity index (χ4n) is 1.30. The zero-order chi connectivity index (χ0) is 14.3. The monoisotopic (exact) mass is 269 g/mol. The molecule has 1 aromatic rings. The van der Waals surface area contributed by atoms with Crippen LogP contribution in [0.3, 0.4) is 0 Å². The molecule has 1 rings (SSSR count). The first-order valence-electron chi connectivity index (χ1n) is 5.81. The maximum absolute atomic E-state index is 12.9. The van der Waals surface area contributed by atoms with Gasteiger partial charge in [-0.2, -0.15) is 0 Å². The number of nitrogens with zero attached hydrogens (tertiary/aromatic N) is 1. The Morgan fingerprint density at radius 1 is 1.37 bits per heavy atom. The molecule has 5 nitrogen and oxygen atoms in total. The minimum Gasteiger partial charge on any atom is -0.484 e. The third-order valence-electron chi connectivity index (χ3n) is 2.26. The van der Waals surface area contributed by atoms with Crippen molar-refractivity contribution < 1.29 is 23.5 Å². The van der Waals surface area contributed by atoms with E-state index in [1.165, 1.54) is 30.1 Å². The minimum atomic E-state index is -0.482. The average Bonchev–Trinajstić information content (AvgIpc) is 2.36. The van der Waals surface area contributed by atoms with Crippen molar-refractivity contribution in [1.82, 2.24) is 4.90 Å². The third kappa shape index (κ3) is 5.37. The predicted molar refractivity (Wildman–Crippen MR) is 66.2 cm³/mol. The van der Waals surface area contributed by atoms with E-state index in [1.54, 1.807) is 13.0 Å². The van der Waals surface area contributed by atoms with Crippen LogP contribution in [0.2, 0.25) is 0 Å². The number of rotatable bonds is 6. The predicted octanol–water partition coefficient (Wildman–Crippen LogP) is 1.23. The number of hydrogen-bond acceptors (Lipinski definition) is 4.